The number of amides is 1. The van der Waals surface area contributed by atoms with Gasteiger partial charge < -0.3 is 10.1 Å². The second kappa shape index (κ2) is 7.66. The van der Waals surface area contributed by atoms with E-state index in [0.717, 1.165) is 32.2 Å². The lowest BCUT2D eigenvalue weighted by molar-refractivity contribution is 0.157. The van der Waals surface area contributed by atoms with Gasteiger partial charge >= 0.3 is 16.3 Å². The second-order valence-electron chi connectivity index (χ2n) is 4.48. The Hall–Kier alpha value is -0.860. The first-order valence-corrected chi connectivity index (χ1v) is 8.06. The third kappa shape index (κ3) is 4.96. The quantitative estimate of drug-likeness (QED) is 0.742. The van der Waals surface area contributed by atoms with E-state index in [9.17, 15) is 13.2 Å². The number of carbonyl (C=O) groups excluding carboxylic acids is 1. The van der Waals surface area contributed by atoms with Gasteiger partial charge in [-0.2, -0.15) is 12.7 Å². The smallest absolute Gasteiger partial charge is 0.421 e. The number of nitrogens with one attached hydrogen (secondary N) is 2. The van der Waals surface area contributed by atoms with Crippen LogP contribution in [0.3, 0.4) is 0 Å². The zero-order valence-electron chi connectivity index (χ0n) is 11.5. The minimum absolute atomic E-state index is 0.0619. The number of piperidine rings is 1. The van der Waals surface area contributed by atoms with Gasteiger partial charge in [0.15, 0.2) is 0 Å². The molecule has 1 aliphatic rings. The van der Waals surface area contributed by atoms with Gasteiger partial charge in [0.05, 0.1) is 6.61 Å². The van der Waals surface area contributed by atoms with E-state index in [0.29, 0.717) is 6.54 Å². The molecule has 1 amide bonds. The molecule has 1 unspecified atom stereocenters. The summed E-state index contributed by atoms with van der Waals surface area (Å²) in [4.78, 5) is 11.3. The lowest BCUT2D eigenvalue weighted by Crippen LogP contribution is -2.51. The molecule has 1 saturated heterocycles. The van der Waals surface area contributed by atoms with Crippen molar-refractivity contribution < 1.29 is 17.9 Å². The number of hydrogen-bond donors (Lipinski definition) is 2. The van der Waals surface area contributed by atoms with Crippen LogP contribution in [0.2, 0.25) is 0 Å². The minimum Gasteiger partial charge on any atom is -0.449 e. The average Bonchev–Trinajstić information content (AvgIpc) is 2.36. The molecular weight excluding hydrogens is 270 g/mol. The number of rotatable bonds is 6. The summed E-state index contributed by atoms with van der Waals surface area (Å²) >= 11 is 0. The zero-order chi connectivity index (χ0) is 14.3. The van der Waals surface area contributed by atoms with E-state index in [-0.39, 0.29) is 12.6 Å². The molecule has 112 valence electrons. The Kier molecular flexibility index (Phi) is 6.53. The summed E-state index contributed by atoms with van der Waals surface area (Å²) in [6.07, 6.45) is 2.48. The largest absolute Gasteiger partial charge is 0.449 e. The maximum absolute atomic E-state index is 12.1. The van der Waals surface area contributed by atoms with Gasteiger partial charge in [-0.1, -0.05) is 6.42 Å². The highest BCUT2D eigenvalue weighted by Gasteiger charge is 2.33. The molecule has 8 heteroatoms. The van der Waals surface area contributed by atoms with Crippen molar-refractivity contribution >= 4 is 16.3 Å². The first-order valence-electron chi connectivity index (χ1n) is 6.62. The molecule has 1 rings (SSSR count). The molecule has 1 atom stereocenters. The van der Waals surface area contributed by atoms with Gasteiger partial charge in [0.2, 0.25) is 0 Å². The van der Waals surface area contributed by atoms with Gasteiger partial charge in [0.25, 0.3) is 0 Å². The molecule has 0 radical (unpaired) electrons. The number of carbonyl (C=O) groups is 1. The van der Waals surface area contributed by atoms with Crippen LogP contribution in [0.4, 0.5) is 4.79 Å². The van der Waals surface area contributed by atoms with Crippen LogP contribution in [0.1, 0.15) is 32.6 Å². The Labute approximate surface area is 114 Å². The summed E-state index contributed by atoms with van der Waals surface area (Å²) in [6.45, 7) is 2.96. The van der Waals surface area contributed by atoms with E-state index in [1.54, 1.807) is 6.92 Å². The van der Waals surface area contributed by atoms with E-state index in [1.165, 1.54) is 4.31 Å². The van der Waals surface area contributed by atoms with Crippen molar-refractivity contribution in [2.24, 2.45) is 0 Å². The van der Waals surface area contributed by atoms with Crippen LogP contribution in [-0.4, -0.2) is 51.6 Å². The van der Waals surface area contributed by atoms with E-state index in [2.05, 4.69) is 10.1 Å². The number of hydrogen-bond acceptors (Lipinski definition) is 5. The first kappa shape index (κ1) is 16.2. The standard InChI is InChI=1S/C11H23N3O4S/c1-3-18-11(15)13-19(16,17)14-9-5-4-6-10(14)7-8-12-2/h10,12H,3-9H2,1-2H3,(H,13,15). The molecule has 19 heavy (non-hydrogen) atoms. The molecule has 0 aromatic heterocycles. The predicted octanol–water partition coefficient (Wildman–Crippen LogP) is 0.441. The van der Waals surface area contributed by atoms with Crippen molar-refractivity contribution in [2.75, 3.05) is 26.7 Å². The van der Waals surface area contributed by atoms with E-state index < -0.39 is 16.3 Å². The highest BCUT2D eigenvalue weighted by molar-refractivity contribution is 7.87. The molecule has 2 N–H and O–H groups in total. The van der Waals surface area contributed by atoms with Crippen molar-refractivity contribution in [3.8, 4) is 0 Å². The second-order valence-corrected chi connectivity index (χ2v) is 6.10. The molecule has 0 spiro atoms. The summed E-state index contributed by atoms with van der Waals surface area (Å²) in [5, 5.41) is 3.01. The summed E-state index contributed by atoms with van der Waals surface area (Å²) in [5.41, 5.74) is 0. The molecule has 0 saturated carbocycles. The van der Waals surface area contributed by atoms with Crippen LogP contribution in [0, 0.1) is 0 Å². The van der Waals surface area contributed by atoms with Crippen LogP contribution in [0.25, 0.3) is 0 Å². The third-order valence-corrected chi connectivity index (χ3v) is 4.62. The molecule has 0 aromatic carbocycles. The van der Waals surface area contributed by atoms with Gasteiger partial charge in [0.1, 0.15) is 0 Å². The average molecular weight is 293 g/mol. The molecule has 0 aliphatic carbocycles. The van der Waals surface area contributed by atoms with Crippen LogP contribution in [-0.2, 0) is 14.9 Å². The maximum atomic E-state index is 12.1. The van der Waals surface area contributed by atoms with Crippen molar-refractivity contribution in [2.45, 2.75) is 38.6 Å². The molecule has 1 aliphatic heterocycles. The van der Waals surface area contributed by atoms with Gasteiger partial charge in [-0.05, 0) is 39.8 Å². The minimum atomic E-state index is -3.80. The predicted molar refractivity (Wildman–Crippen MR) is 72.0 cm³/mol. The van der Waals surface area contributed by atoms with Gasteiger partial charge in [-0.3, -0.25) is 0 Å². The normalized spacial score (nSPS) is 21.1. The number of nitrogens with zero attached hydrogens (tertiary/aromatic N) is 1. The van der Waals surface area contributed by atoms with Gasteiger partial charge in [-0.15, -0.1) is 0 Å². The van der Waals surface area contributed by atoms with Crippen molar-refractivity contribution in [1.82, 2.24) is 14.3 Å². The van der Waals surface area contributed by atoms with Crippen LogP contribution in [0.5, 0.6) is 0 Å². The van der Waals surface area contributed by atoms with Crippen molar-refractivity contribution in [3.63, 3.8) is 0 Å². The van der Waals surface area contributed by atoms with E-state index >= 15 is 0 Å². The fourth-order valence-electron chi connectivity index (χ4n) is 2.21. The Balaban J connectivity index is 2.69. The lowest BCUT2D eigenvalue weighted by Gasteiger charge is -2.34. The first-order chi connectivity index (χ1) is 9.01. The SMILES string of the molecule is CCOC(=O)NS(=O)(=O)N1CCCCC1CCNC. The molecular formula is C11H23N3O4S. The Morgan fingerprint density at radius 1 is 1.42 bits per heavy atom. The van der Waals surface area contributed by atoms with Crippen LogP contribution in [0.15, 0.2) is 0 Å². The zero-order valence-corrected chi connectivity index (χ0v) is 12.3. The van der Waals surface area contributed by atoms with Crippen molar-refractivity contribution in [3.05, 3.63) is 0 Å². The molecule has 1 fully saturated rings. The van der Waals surface area contributed by atoms with Crippen molar-refractivity contribution in [1.29, 1.82) is 0 Å². The third-order valence-electron chi connectivity index (χ3n) is 3.10. The number of ether oxygens (including phenoxy) is 1. The summed E-state index contributed by atoms with van der Waals surface area (Å²) in [6, 6.07) is -0.0619. The van der Waals surface area contributed by atoms with E-state index in [1.807, 2.05) is 11.8 Å². The molecule has 7 nitrogen and oxygen atoms in total. The molecule has 1 heterocycles. The summed E-state index contributed by atoms with van der Waals surface area (Å²) in [5.74, 6) is 0. The highest BCUT2D eigenvalue weighted by Crippen LogP contribution is 2.21. The molecule has 0 aromatic rings. The highest BCUT2D eigenvalue weighted by atomic mass is 32.2. The Morgan fingerprint density at radius 3 is 2.79 bits per heavy atom. The lowest BCUT2D eigenvalue weighted by atomic mass is 10.0. The Bertz CT molecular complexity index is 385. The fraction of sp³-hybridized carbons (Fsp3) is 0.909. The van der Waals surface area contributed by atoms with Gasteiger partial charge in [-0.25, -0.2) is 9.52 Å². The van der Waals surface area contributed by atoms with Crippen LogP contribution >= 0.6 is 0 Å². The Morgan fingerprint density at radius 2 is 2.16 bits per heavy atom. The van der Waals surface area contributed by atoms with Gasteiger partial charge in [0, 0.05) is 12.6 Å². The summed E-state index contributed by atoms with van der Waals surface area (Å²) in [7, 11) is -1.97. The topological polar surface area (TPSA) is 87.7 Å². The monoisotopic (exact) mass is 293 g/mol. The van der Waals surface area contributed by atoms with Crippen LogP contribution < -0.4 is 10.0 Å². The fourth-order valence-corrected chi connectivity index (χ4v) is 3.57. The molecule has 0 bridgehead atoms. The maximum Gasteiger partial charge on any atom is 0.421 e. The summed E-state index contributed by atoms with van der Waals surface area (Å²) < 4.78 is 32.2. The van der Waals surface area contributed by atoms with E-state index in [4.69, 9.17) is 0 Å².